The predicted molar refractivity (Wildman–Crippen MR) is 63.0 cm³/mol. The van der Waals surface area contributed by atoms with Crippen LogP contribution in [0.5, 0.6) is 0 Å². The van der Waals surface area contributed by atoms with Crippen molar-refractivity contribution in [3.63, 3.8) is 0 Å². The molecule has 0 aromatic heterocycles. The van der Waals surface area contributed by atoms with E-state index in [1.165, 1.54) is 27.7 Å². The van der Waals surface area contributed by atoms with Gasteiger partial charge in [-0.15, -0.1) is 0 Å². The molecule has 5 heteroatoms. The second kappa shape index (κ2) is 9.27. The van der Waals surface area contributed by atoms with Crippen LogP contribution in [0.3, 0.4) is 0 Å². The highest BCUT2D eigenvalue weighted by molar-refractivity contribution is 5.72. The molecule has 0 aliphatic carbocycles. The third-order valence-electron chi connectivity index (χ3n) is 1.41. The highest BCUT2D eigenvalue weighted by Gasteiger charge is 2.26. The van der Waals surface area contributed by atoms with E-state index in [1.54, 1.807) is 0 Å². The average molecular weight is 246 g/mol. The third-order valence-corrected chi connectivity index (χ3v) is 1.41. The van der Waals surface area contributed by atoms with Gasteiger partial charge in [-0.1, -0.05) is 0 Å². The summed E-state index contributed by atoms with van der Waals surface area (Å²) < 4.78 is 15.1. The molecule has 100 valence electrons. The molecule has 0 saturated carbocycles. The molecule has 0 radical (unpaired) electrons. The van der Waals surface area contributed by atoms with Gasteiger partial charge in [0.05, 0.1) is 26.4 Å². The van der Waals surface area contributed by atoms with Crippen molar-refractivity contribution in [2.45, 2.75) is 39.9 Å². The first-order chi connectivity index (χ1) is 7.91. The molecule has 0 aromatic rings. The Morgan fingerprint density at radius 3 is 1.35 bits per heavy atom. The van der Waals surface area contributed by atoms with E-state index >= 15 is 0 Å². The van der Waals surface area contributed by atoms with Crippen LogP contribution in [0.25, 0.3) is 0 Å². The first-order valence-corrected chi connectivity index (χ1v) is 5.67. The lowest BCUT2D eigenvalue weighted by Crippen LogP contribution is -2.06. The highest BCUT2D eigenvalue weighted by atomic mass is 16.6. The summed E-state index contributed by atoms with van der Waals surface area (Å²) in [5.74, 6) is 0.333. The van der Waals surface area contributed by atoms with Gasteiger partial charge in [-0.25, -0.2) is 0 Å². The molecule has 0 spiro atoms. The topological polar surface area (TPSA) is 68.4 Å². The van der Waals surface area contributed by atoms with Crippen molar-refractivity contribution < 1.29 is 23.8 Å². The molecule has 0 amide bonds. The molecule has 0 aromatic carbocycles. The maximum atomic E-state index is 9.44. The molecule has 2 saturated heterocycles. The van der Waals surface area contributed by atoms with Crippen LogP contribution >= 0.6 is 0 Å². The second-order valence-corrected chi connectivity index (χ2v) is 4.26. The lowest BCUT2D eigenvalue weighted by Gasteiger charge is -1.95. The monoisotopic (exact) mass is 246 g/mol. The zero-order chi connectivity index (χ0) is 13.3. The number of hydrogen-bond acceptors (Lipinski definition) is 5. The molecule has 2 rings (SSSR count). The molecule has 2 aliphatic heterocycles. The van der Waals surface area contributed by atoms with Gasteiger partial charge in [0.2, 0.25) is 0 Å². The summed E-state index contributed by atoms with van der Waals surface area (Å²) in [6.45, 7) is 9.37. The Hall–Kier alpha value is -0.780. The molecule has 2 heterocycles. The number of rotatable bonds is 4. The first-order valence-electron chi connectivity index (χ1n) is 5.67. The molecule has 2 fully saturated rings. The van der Waals surface area contributed by atoms with E-state index in [4.69, 9.17) is 14.2 Å². The maximum Gasteiger partial charge on any atom is 0.126 e. The molecule has 0 bridgehead atoms. The Morgan fingerprint density at radius 2 is 1.18 bits per heavy atom. The van der Waals surface area contributed by atoms with E-state index in [0.29, 0.717) is 12.2 Å². The number of ether oxygens (including phenoxy) is 3. The van der Waals surface area contributed by atoms with Gasteiger partial charge in [0.25, 0.3) is 0 Å². The standard InChI is InChI=1S/C6H10O3.2C3H6O/c1(5-3-8-5)7-2-6-4-9-6;2*1-3(2)4/h5-6H,1-4H2;2*1-2H3. The number of Topliss-reactive ketones (excluding diaryl/α,β-unsaturated/α-hetero) is 2. The smallest absolute Gasteiger partial charge is 0.126 e. The molecule has 2 atom stereocenters. The van der Waals surface area contributed by atoms with Crippen molar-refractivity contribution in [1.82, 2.24) is 0 Å². The van der Waals surface area contributed by atoms with Crippen molar-refractivity contribution in [2.24, 2.45) is 0 Å². The summed E-state index contributed by atoms with van der Waals surface area (Å²) in [6, 6.07) is 0. The van der Waals surface area contributed by atoms with E-state index in [2.05, 4.69) is 0 Å². The summed E-state index contributed by atoms with van der Waals surface area (Å²) in [6.07, 6.45) is 0.785. The largest absolute Gasteiger partial charge is 0.376 e. The quantitative estimate of drug-likeness (QED) is 0.692. The lowest BCUT2D eigenvalue weighted by atomic mass is 10.5. The van der Waals surface area contributed by atoms with Gasteiger partial charge in [-0.3, -0.25) is 0 Å². The van der Waals surface area contributed by atoms with Crippen LogP contribution in [0.1, 0.15) is 27.7 Å². The molecule has 2 aliphatic rings. The molecule has 2 unspecified atom stereocenters. The van der Waals surface area contributed by atoms with Crippen LogP contribution in [-0.4, -0.2) is 50.2 Å². The number of epoxide rings is 2. The van der Waals surface area contributed by atoms with Crippen LogP contribution in [0.4, 0.5) is 0 Å². The van der Waals surface area contributed by atoms with Gasteiger partial charge in [0.1, 0.15) is 23.8 Å². The summed E-state index contributed by atoms with van der Waals surface area (Å²) in [4.78, 5) is 18.9. The Labute approximate surface area is 102 Å². The van der Waals surface area contributed by atoms with Crippen LogP contribution in [0, 0.1) is 0 Å². The van der Waals surface area contributed by atoms with Gasteiger partial charge < -0.3 is 23.8 Å². The Bertz CT molecular complexity index is 199. The fraction of sp³-hybridized carbons (Fsp3) is 0.833. The Balaban J connectivity index is 0.000000274. The number of hydrogen-bond donors (Lipinski definition) is 0. The van der Waals surface area contributed by atoms with Gasteiger partial charge in [0.15, 0.2) is 0 Å². The number of carbonyl (C=O) groups is 2. The average Bonchev–Trinajstić information content (AvgIpc) is 2.95. The van der Waals surface area contributed by atoms with Crippen molar-refractivity contribution in [3.8, 4) is 0 Å². The predicted octanol–water partition coefficient (Wildman–Crippen LogP) is 0.991. The Morgan fingerprint density at radius 1 is 0.941 bits per heavy atom. The number of ketones is 2. The van der Waals surface area contributed by atoms with Gasteiger partial charge in [-0.05, 0) is 27.7 Å². The van der Waals surface area contributed by atoms with Crippen LogP contribution in [0.15, 0.2) is 0 Å². The van der Waals surface area contributed by atoms with Crippen molar-refractivity contribution in [3.05, 3.63) is 0 Å². The zero-order valence-electron chi connectivity index (χ0n) is 11.0. The molecular weight excluding hydrogens is 224 g/mol. The molecule has 17 heavy (non-hydrogen) atoms. The highest BCUT2D eigenvalue weighted by Crippen LogP contribution is 2.12. The summed E-state index contributed by atoms with van der Waals surface area (Å²) in [5.41, 5.74) is 0. The second-order valence-electron chi connectivity index (χ2n) is 4.26. The summed E-state index contributed by atoms with van der Waals surface area (Å²) in [7, 11) is 0. The van der Waals surface area contributed by atoms with Crippen LogP contribution in [0.2, 0.25) is 0 Å². The van der Waals surface area contributed by atoms with Gasteiger partial charge in [-0.2, -0.15) is 0 Å². The summed E-state index contributed by atoms with van der Waals surface area (Å²) in [5, 5.41) is 0. The van der Waals surface area contributed by atoms with E-state index < -0.39 is 0 Å². The molecular formula is C12H22O5. The van der Waals surface area contributed by atoms with Crippen molar-refractivity contribution in [2.75, 3.05) is 26.4 Å². The van der Waals surface area contributed by atoms with Gasteiger partial charge in [0, 0.05) is 0 Å². The third kappa shape index (κ3) is 21.1. The van der Waals surface area contributed by atoms with E-state index in [9.17, 15) is 9.59 Å². The Kier molecular flexibility index (Phi) is 8.85. The van der Waals surface area contributed by atoms with Crippen molar-refractivity contribution >= 4 is 11.6 Å². The minimum atomic E-state index is 0.167. The van der Waals surface area contributed by atoms with Crippen LogP contribution in [-0.2, 0) is 23.8 Å². The van der Waals surface area contributed by atoms with Crippen LogP contribution < -0.4 is 0 Å². The first kappa shape index (κ1) is 16.2. The van der Waals surface area contributed by atoms with Gasteiger partial charge >= 0.3 is 0 Å². The normalized spacial score (nSPS) is 23.5. The fourth-order valence-corrected chi connectivity index (χ4v) is 0.659. The molecule has 5 nitrogen and oxygen atoms in total. The SMILES string of the molecule is C(OCC1CO1)C1CO1.CC(C)=O.CC(C)=O. The summed E-state index contributed by atoms with van der Waals surface area (Å²) >= 11 is 0. The van der Waals surface area contributed by atoms with E-state index in [-0.39, 0.29) is 11.6 Å². The fourth-order valence-electron chi connectivity index (χ4n) is 0.659. The molecule has 0 N–H and O–H groups in total. The van der Waals surface area contributed by atoms with Crippen molar-refractivity contribution in [1.29, 1.82) is 0 Å². The minimum Gasteiger partial charge on any atom is -0.376 e. The maximum absolute atomic E-state index is 9.44. The minimum absolute atomic E-state index is 0.167. The van der Waals surface area contributed by atoms with E-state index in [0.717, 1.165) is 26.4 Å². The lowest BCUT2D eigenvalue weighted by molar-refractivity contribution is -0.115. The number of carbonyl (C=O) groups excluding carboxylic acids is 2. The van der Waals surface area contributed by atoms with E-state index in [1.807, 2.05) is 0 Å². The zero-order valence-corrected chi connectivity index (χ0v) is 11.0.